The number of nitrogens with one attached hydrogen (secondary N) is 1. The molecule has 4 N–H and O–H groups in total. The van der Waals surface area contributed by atoms with Crippen LogP contribution in [0.25, 0.3) is 0 Å². The van der Waals surface area contributed by atoms with Crippen LogP contribution in [0.2, 0.25) is 0 Å². The van der Waals surface area contributed by atoms with Crippen molar-refractivity contribution in [1.82, 2.24) is 0 Å². The monoisotopic (exact) mass is 274 g/mol. The maximum absolute atomic E-state index is 13.0. The Bertz CT molecular complexity index is 508. The van der Waals surface area contributed by atoms with Crippen molar-refractivity contribution in [2.45, 2.75) is 6.04 Å². The third-order valence-corrected chi connectivity index (χ3v) is 2.23. The lowest BCUT2D eigenvalue weighted by molar-refractivity contribution is -0.118. The minimum absolute atomic E-state index is 0.0993. The molecule has 0 aromatic heterocycles. The van der Waals surface area contributed by atoms with E-state index in [0.29, 0.717) is 12.1 Å². The zero-order valence-electron chi connectivity index (χ0n) is 9.94. The van der Waals surface area contributed by atoms with Gasteiger partial charge in [0.25, 0.3) is 0 Å². The number of methoxy groups -OCH3 is 1. The highest BCUT2D eigenvalue weighted by molar-refractivity contribution is 6.02. The first-order valence-corrected chi connectivity index (χ1v) is 5.14. The number of nitrogens with two attached hydrogens (primary N) is 1. The second-order valence-corrected chi connectivity index (χ2v) is 3.67. The average molecular weight is 274 g/mol. The van der Waals surface area contributed by atoms with Gasteiger partial charge in [0.05, 0.1) is 17.9 Å². The van der Waals surface area contributed by atoms with Crippen molar-refractivity contribution >= 4 is 17.6 Å². The van der Waals surface area contributed by atoms with Gasteiger partial charge in [-0.2, -0.15) is 0 Å². The molecule has 0 aliphatic carbocycles. The SMILES string of the molecule is COCC(N)C(=O)Nc1cc(F)c(F)cc1C(=O)O. The molecule has 0 bridgehead atoms. The predicted molar refractivity (Wildman–Crippen MR) is 61.8 cm³/mol. The molecule has 1 rings (SSSR count). The van der Waals surface area contributed by atoms with Gasteiger partial charge in [-0.25, -0.2) is 13.6 Å². The summed E-state index contributed by atoms with van der Waals surface area (Å²) in [5, 5.41) is 11.0. The highest BCUT2D eigenvalue weighted by Crippen LogP contribution is 2.20. The topological polar surface area (TPSA) is 102 Å². The second kappa shape index (κ2) is 6.21. The normalized spacial score (nSPS) is 12.0. The van der Waals surface area contributed by atoms with Crippen LogP contribution in [0.15, 0.2) is 12.1 Å². The van der Waals surface area contributed by atoms with Gasteiger partial charge in [0.15, 0.2) is 11.6 Å². The molecule has 0 spiro atoms. The first kappa shape index (κ1) is 15.0. The van der Waals surface area contributed by atoms with Gasteiger partial charge in [0.1, 0.15) is 6.04 Å². The highest BCUT2D eigenvalue weighted by Gasteiger charge is 2.19. The molecule has 104 valence electrons. The van der Waals surface area contributed by atoms with Crippen molar-refractivity contribution in [3.05, 3.63) is 29.3 Å². The molecule has 0 aliphatic heterocycles. The van der Waals surface area contributed by atoms with Gasteiger partial charge in [0, 0.05) is 13.2 Å². The summed E-state index contributed by atoms with van der Waals surface area (Å²) in [6, 6.07) is 0.00507. The molecule has 1 amide bonds. The van der Waals surface area contributed by atoms with Gasteiger partial charge in [0.2, 0.25) is 5.91 Å². The van der Waals surface area contributed by atoms with Crippen LogP contribution >= 0.6 is 0 Å². The number of amides is 1. The number of carboxylic acid groups (broad SMARTS) is 1. The van der Waals surface area contributed by atoms with E-state index in [9.17, 15) is 18.4 Å². The molecule has 1 aromatic carbocycles. The smallest absolute Gasteiger partial charge is 0.337 e. The van der Waals surface area contributed by atoms with Gasteiger partial charge in [-0.05, 0) is 6.07 Å². The number of carbonyl (C=O) groups is 2. The summed E-state index contributed by atoms with van der Waals surface area (Å²) in [6.07, 6.45) is 0. The molecule has 0 saturated heterocycles. The van der Waals surface area contributed by atoms with E-state index >= 15 is 0 Å². The lowest BCUT2D eigenvalue weighted by atomic mass is 10.1. The summed E-state index contributed by atoms with van der Waals surface area (Å²) in [5.41, 5.74) is 4.47. The van der Waals surface area contributed by atoms with Crippen molar-refractivity contribution in [3.8, 4) is 0 Å². The lowest BCUT2D eigenvalue weighted by Gasteiger charge is -2.13. The maximum Gasteiger partial charge on any atom is 0.337 e. The Morgan fingerprint density at radius 2 is 2.00 bits per heavy atom. The molecule has 0 radical (unpaired) electrons. The van der Waals surface area contributed by atoms with E-state index in [1.54, 1.807) is 0 Å². The molecule has 1 aromatic rings. The van der Waals surface area contributed by atoms with E-state index in [1.165, 1.54) is 7.11 Å². The molecule has 0 heterocycles. The van der Waals surface area contributed by atoms with E-state index in [2.05, 4.69) is 10.1 Å². The van der Waals surface area contributed by atoms with Gasteiger partial charge in [-0.1, -0.05) is 0 Å². The zero-order valence-corrected chi connectivity index (χ0v) is 9.94. The minimum atomic E-state index is -1.51. The van der Waals surface area contributed by atoms with E-state index in [4.69, 9.17) is 10.8 Å². The Balaban J connectivity index is 3.03. The van der Waals surface area contributed by atoms with E-state index in [0.717, 1.165) is 0 Å². The summed E-state index contributed by atoms with van der Waals surface area (Å²) in [5.74, 6) is -4.87. The number of aromatic carboxylic acids is 1. The van der Waals surface area contributed by atoms with Crippen LogP contribution in [0, 0.1) is 11.6 Å². The third-order valence-electron chi connectivity index (χ3n) is 2.23. The van der Waals surface area contributed by atoms with Crippen molar-refractivity contribution in [1.29, 1.82) is 0 Å². The van der Waals surface area contributed by atoms with Crippen molar-refractivity contribution in [2.75, 3.05) is 19.0 Å². The summed E-state index contributed by atoms with van der Waals surface area (Å²) >= 11 is 0. The lowest BCUT2D eigenvalue weighted by Crippen LogP contribution is -2.39. The molecule has 0 aliphatic rings. The van der Waals surface area contributed by atoms with Crippen LogP contribution < -0.4 is 11.1 Å². The Labute approximate surface area is 107 Å². The van der Waals surface area contributed by atoms with Gasteiger partial charge < -0.3 is 20.9 Å². The van der Waals surface area contributed by atoms with Gasteiger partial charge in [-0.3, -0.25) is 4.79 Å². The molecular formula is C11H12F2N2O4. The molecule has 6 nitrogen and oxygen atoms in total. The molecule has 0 saturated carbocycles. The number of hydrogen-bond donors (Lipinski definition) is 3. The van der Waals surface area contributed by atoms with E-state index in [-0.39, 0.29) is 12.3 Å². The van der Waals surface area contributed by atoms with Crippen molar-refractivity contribution in [2.24, 2.45) is 5.73 Å². The molecule has 0 fully saturated rings. The van der Waals surface area contributed by atoms with Crippen LogP contribution in [0.4, 0.5) is 14.5 Å². The average Bonchev–Trinajstić information content (AvgIpc) is 2.33. The maximum atomic E-state index is 13.0. The number of anilines is 1. The molecular weight excluding hydrogens is 262 g/mol. The first-order chi connectivity index (χ1) is 8.86. The Morgan fingerprint density at radius 1 is 1.42 bits per heavy atom. The molecule has 1 atom stereocenters. The molecule has 8 heteroatoms. The van der Waals surface area contributed by atoms with Crippen LogP contribution in [-0.2, 0) is 9.53 Å². The number of carbonyl (C=O) groups excluding carboxylic acids is 1. The van der Waals surface area contributed by atoms with Crippen LogP contribution in [0.5, 0.6) is 0 Å². The number of halogens is 2. The van der Waals surface area contributed by atoms with E-state index < -0.39 is 35.1 Å². The Morgan fingerprint density at radius 3 is 2.53 bits per heavy atom. The number of carboxylic acids is 1. The zero-order chi connectivity index (χ0) is 14.6. The van der Waals surface area contributed by atoms with Crippen LogP contribution in [0.3, 0.4) is 0 Å². The van der Waals surface area contributed by atoms with Crippen LogP contribution in [-0.4, -0.2) is 36.7 Å². The molecule has 1 unspecified atom stereocenters. The number of ether oxygens (including phenoxy) is 1. The predicted octanol–water partition coefficient (Wildman–Crippen LogP) is 0.575. The third kappa shape index (κ3) is 3.70. The van der Waals surface area contributed by atoms with Crippen molar-refractivity contribution < 1.29 is 28.2 Å². The number of rotatable bonds is 5. The summed E-state index contributed by atoms with van der Waals surface area (Å²) in [4.78, 5) is 22.4. The molecule has 19 heavy (non-hydrogen) atoms. The Kier molecular flexibility index (Phi) is 4.90. The van der Waals surface area contributed by atoms with Gasteiger partial charge in [-0.15, -0.1) is 0 Å². The quantitative estimate of drug-likeness (QED) is 0.728. The largest absolute Gasteiger partial charge is 0.478 e. The minimum Gasteiger partial charge on any atom is -0.478 e. The highest BCUT2D eigenvalue weighted by atomic mass is 19.2. The number of benzene rings is 1. The fraction of sp³-hybridized carbons (Fsp3) is 0.273. The first-order valence-electron chi connectivity index (χ1n) is 5.14. The van der Waals surface area contributed by atoms with Crippen LogP contribution in [0.1, 0.15) is 10.4 Å². The summed E-state index contributed by atoms with van der Waals surface area (Å²) < 4.78 is 30.6. The number of hydrogen-bond acceptors (Lipinski definition) is 4. The summed E-state index contributed by atoms with van der Waals surface area (Å²) in [7, 11) is 1.33. The summed E-state index contributed by atoms with van der Waals surface area (Å²) in [6.45, 7) is -0.0993. The second-order valence-electron chi connectivity index (χ2n) is 3.67. The fourth-order valence-corrected chi connectivity index (χ4v) is 1.31. The van der Waals surface area contributed by atoms with E-state index in [1.807, 2.05) is 0 Å². The fourth-order valence-electron chi connectivity index (χ4n) is 1.31. The Hall–Kier alpha value is -2.06. The standard InChI is InChI=1S/C11H12F2N2O4/c1-19-4-8(14)10(16)15-9-3-7(13)6(12)2-5(9)11(17)18/h2-3,8H,4,14H2,1H3,(H,15,16)(H,17,18). The van der Waals surface area contributed by atoms with Gasteiger partial charge >= 0.3 is 5.97 Å². The van der Waals surface area contributed by atoms with Crippen molar-refractivity contribution in [3.63, 3.8) is 0 Å².